The third kappa shape index (κ3) is 3.64. The Morgan fingerprint density at radius 2 is 2.05 bits per heavy atom. The Bertz CT molecular complexity index is 490. The van der Waals surface area contributed by atoms with Gasteiger partial charge in [0.05, 0.1) is 6.10 Å². The largest absolute Gasteiger partial charge is 0.376 e. The Morgan fingerprint density at radius 3 is 2.57 bits per heavy atom. The van der Waals surface area contributed by atoms with Crippen LogP contribution in [0.3, 0.4) is 0 Å². The summed E-state index contributed by atoms with van der Waals surface area (Å²) in [4.78, 5) is 11.7. The summed E-state index contributed by atoms with van der Waals surface area (Å²) in [5.74, 6) is 2.77. The van der Waals surface area contributed by atoms with Crippen LogP contribution in [0.2, 0.25) is 0 Å². The van der Waals surface area contributed by atoms with E-state index >= 15 is 0 Å². The van der Waals surface area contributed by atoms with Crippen molar-refractivity contribution in [2.24, 2.45) is 0 Å². The lowest BCUT2D eigenvalue weighted by Crippen LogP contribution is -2.31. The summed E-state index contributed by atoms with van der Waals surface area (Å²) in [5, 5.41) is 3.19. The van der Waals surface area contributed by atoms with Crippen molar-refractivity contribution >= 4 is 11.6 Å². The predicted molar refractivity (Wildman–Crippen MR) is 87.3 cm³/mol. The first-order chi connectivity index (χ1) is 9.82. The van der Waals surface area contributed by atoms with E-state index in [4.69, 9.17) is 9.72 Å². The molecule has 0 radical (unpaired) electrons. The van der Waals surface area contributed by atoms with Gasteiger partial charge in [-0.05, 0) is 19.8 Å². The molecule has 0 amide bonds. The zero-order chi connectivity index (χ0) is 15.6. The average Bonchev–Trinajstić information content (AvgIpc) is 2.90. The zero-order valence-electron chi connectivity index (χ0n) is 14.2. The summed E-state index contributed by atoms with van der Waals surface area (Å²) in [6.45, 7) is 10.3. The monoisotopic (exact) mass is 292 g/mol. The molecule has 0 bridgehead atoms. The number of likely N-dealkylation sites (N-methyl/N-ethyl adjacent to an activating group) is 1. The maximum absolute atomic E-state index is 5.74. The Labute approximate surface area is 128 Å². The van der Waals surface area contributed by atoms with Crippen LogP contribution in [0.4, 0.5) is 11.6 Å². The van der Waals surface area contributed by atoms with Gasteiger partial charge in [0.15, 0.2) is 0 Å². The van der Waals surface area contributed by atoms with Gasteiger partial charge >= 0.3 is 0 Å². The van der Waals surface area contributed by atoms with Crippen molar-refractivity contribution in [3.8, 4) is 0 Å². The van der Waals surface area contributed by atoms with E-state index in [1.807, 2.05) is 7.05 Å². The number of rotatable bonds is 4. The third-order valence-corrected chi connectivity index (χ3v) is 3.89. The van der Waals surface area contributed by atoms with Crippen LogP contribution in [0.5, 0.6) is 0 Å². The smallest absolute Gasteiger partial charge is 0.138 e. The van der Waals surface area contributed by atoms with E-state index < -0.39 is 0 Å². The molecular weight excluding hydrogens is 264 g/mol. The van der Waals surface area contributed by atoms with E-state index in [0.29, 0.717) is 6.10 Å². The van der Waals surface area contributed by atoms with Gasteiger partial charge in [0.1, 0.15) is 17.5 Å². The number of nitrogens with one attached hydrogen (secondary N) is 1. The molecule has 1 aromatic rings. The zero-order valence-corrected chi connectivity index (χ0v) is 14.2. The molecule has 1 atom stereocenters. The lowest BCUT2D eigenvalue weighted by molar-refractivity contribution is 0.116. The topological polar surface area (TPSA) is 50.3 Å². The first-order valence-electron chi connectivity index (χ1n) is 7.72. The molecular formula is C16H28N4O. The molecule has 1 aromatic heterocycles. The van der Waals surface area contributed by atoms with E-state index in [-0.39, 0.29) is 5.41 Å². The molecule has 0 spiro atoms. The SMILES string of the molecule is CNc1nc(C(C)(C)C)nc(N(C)CC2CCCO2)c1C. The van der Waals surface area contributed by atoms with Crippen LogP contribution in [0.15, 0.2) is 0 Å². The molecule has 1 N–H and O–H groups in total. The van der Waals surface area contributed by atoms with Gasteiger partial charge in [-0.1, -0.05) is 20.8 Å². The van der Waals surface area contributed by atoms with Crippen LogP contribution in [0.25, 0.3) is 0 Å². The molecule has 5 nitrogen and oxygen atoms in total. The first-order valence-corrected chi connectivity index (χ1v) is 7.72. The van der Waals surface area contributed by atoms with Gasteiger partial charge in [-0.3, -0.25) is 0 Å². The van der Waals surface area contributed by atoms with Gasteiger partial charge < -0.3 is 15.0 Å². The van der Waals surface area contributed by atoms with Crippen molar-refractivity contribution in [1.82, 2.24) is 9.97 Å². The molecule has 1 aliphatic rings. The Balaban J connectivity index is 2.31. The second kappa shape index (κ2) is 6.18. The number of ether oxygens (including phenoxy) is 1. The van der Waals surface area contributed by atoms with Crippen LogP contribution >= 0.6 is 0 Å². The van der Waals surface area contributed by atoms with Crippen LogP contribution in [0, 0.1) is 6.92 Å². The summed E-state index contributed by atoms with van der Waals surface area (Å²) in [5.41, 5.74) is 1.02. The summed E-state index contributed by atoms with van der Waals surface area (Å²) >= 11 is 0. The minimum Gasteiger partial charge on any atom is -0.376 e. The molecule has 5 heteroatoms. The molecule has 1 saturated heterocycles. The molecule has 118 valence electrons. The summed E-state index contributed by atoms with van der Waals surface area (Å²) in [6, 6.07) is 0. The number of nitrogens with zero attached hydrogens (tertiary/aromatic N) is 3. The molecule has 1 fully saturated rings. The van der Waals surface area contributed by atoms with Crippen LogP contribution in [0.1, 0.15) is 45.0 Å². The lowest BCUT2D eigenvalue weighted by atomic mass is 9.95. The van der Waals surface area contributed by atoms with Crippen molar-refractivity contribution in [1.29, 1.82) is 0 Å². The van der Waals surface area contributed by atoms with Crippen molar-refractivity contribution in [3.05, 3.63) is 11.4 Å². The highest BCUT2D eigenvalue weighted by atomic mass is 16.5. The minimum absolute atomic E-state index is 0.0707. The summed E-state index contributed by atoms with van der Waals surface area (Å²) in [6.07, 6.45) is 2.62. The fraction of sp³-hybridized carbons (Fsp3) is 0.750. The van der Waals surface area contributed by atoms with Crippen LogP contribution < -0.4 is 10.2 Å². The maximum Gasteiger partial charge on any atom is 0.138 e. The van der Waals surface area contributed by atoms with Crippen molar-refractivity contribution in [2.75, 3.05) is 37.5 Å². The number of aromatic nitrogens is 2. The quantitative estimate of drug-likeness (QED) is 0.924. The van der Waals surface area contributed by atoms with E-state index in [1.165, 1.54) is 0 Å². The molecule has 0 aromatic carbocycles. The van der Waals surface area contributed by atoms with E-state index in [9.17, 15) is 0 Å². The van der Waals surface area contributed by atoms with Crippen molar-refractivity contribution in [3.63, 3.8) is 0 Å². The van der Waals surface area contributed by atoms with Crippen molar-refractivity contribution < 1.29 is 4.74 Å². The van der Waals surface area contributed by atoms with Gasteiger partial charge in [0.25, 0.3) is 0 Å². The lowest BCUT2D eigenvalue weighted by Gasteiger charge is -2.27. The number of hydrogen-bond acceptors (Lipinski definition) is 5. The van der Waals surface area contributed by atoms with Gasteiger partial charge in [0, 0.05) is 38.2 Å². The van der Waals surface area contributed by atoms with Gasteiger partial charge in [-0.2, -0.15) is 0 Å². The number of anilines is 2. The van der Waals surface area contributed by atoms with Crippen LogP contribution in [-0.4, -0.2) is 43.3 Å². The highest BCUT2D eigenvalue weighted by molar-refractivity contribution is 5.58. The third-order valence-electron chi connectivity index (χ3n) is 3.89. The second-order valence-electron chi connectivity index (χ2n) is 6.86. The Hall–Kier alpha value is -1.36. The molecule has 0 saturated carbocycles. The van der Waals surface area contributed by atoms with Gasteiger partial charge in [-0.25, -0.2) is 9.97 Å². The van der Waals surface area contributed by atoms with Crippen LogP contribution in [-0.2, 0) is 10.2 Å². The van der Waals surface area contributed by atoms with E-state index in [1.54, 1.807) is 0 Å². The Kier molecular flexibility index (Phi) is 4.71. The molecule has 0 aliphatic carbocycles. The van der Waals surface area contributed by atoms with Gasteiger partial charge in [0.2, 0.25) is 0 Å². The standard InChI is InChI=1S/C16H28N4O/c1-11-13(17-5)18-15(16(2,3)4)19-14(11)20(6)10-12-8-7-9-21-12/h12H,7-10H2,1-6H3,(H,17,18,19). The number of hydrogen-bond donors (Lipinski definition) is 1. The molecule has 1 aliphatic heterocycles. The molecule has 21 heavy (non-hydrogen) atoms. The average molecular weight is 292 g/mol. The molecule has 2 rings (SSSR count). The van der Waals surface area contributed by atoms with E-state index in [0.717, 1.165) is 49.0 Å². The highest BCUT2D eigenvalue weighted by Crippen LogP contribution is 2.28. The van der Waals surface area contributed by atoms with Gasteiger partial charge in [-0.15, -0.1) is 0 Å². The molecule has 1 unspecified atom stereocenters. The minimum atomic E-state index is -0.0707. The second-order valence-corrected chi connectivity index (χ2v) is 6.86. The van der Waals surface area contributed by atoms with Crippen molar-refractivity contribution in [2.45, 2.75) is 52.1 Å². The summed E-state index contributed by atoms with van der Waals surface area (Å²) in [7, 11) is 3.99. The molecule has 2 heterocycles. The first kappa shape index (κ1) is 16.0. The Morgan fingerprint density at radius 1 is 1.33 bits per heavy atom. The normalized spacial score (nSPS) is 18.9. The highest BCUT2D eigenvalue weighted by Gasteiger charge is 2.24. The predicted octanol–water partition coefficient (Wildman–Crippen LogP) is 2.74. The summed E-state index contributed by atoms with van der Waals surface area (Å²) < 4.78 is 5.74. The fourth-order valence-corrected chi connectivity index (χ4v) is 2.64. The maximum atomic E-state index is 5.74. The van der Waals surface area contributed by atoms with E-state index in [2.05, 4.69) is 49.9 Å². The fourth-order valence-electron chi connectivity index (χ4n) is 2.64.